The van der Waals surface area contributed by atoms with E-state index in [1.807, 2.05) is 48.1 Å². The van der Waals surface area contributed by atoms with Crippen LogP contribution in [0.5, 0.6) is 5.75 Å². The SMILES string of the molecule is CCOc1c(N)nc(F)c(-c2cnn(C3CCNCC3)c2)c1-c1ccccc1. The molecule has 6 nitrogen and oxygen atoms in total. The van der Waals surface area contributed by atoms with E-state index in [1.54, 1.807) is 6.20 Å². The molecule has 0 atom stereocenters. The predicted molar refractivity (Wildman–Crippen MR) is 108 cm³/mol. The Morgan fingerprint density at radius 3 is 2.64 bits per heavy atom. The first-order valence-corrected chi connectivity index (χ1v) is 9.61. The van der Waals surface area contributed by atoms with Gasteiger partial charge in [-0.3, -0.25) is 4.68 Å². The molecular formula is C21H24FN5O. The third kappa shape index (κ3) is 3.45. The molecule has 3 N–H and O–H groups in total. The second-order valence-electron chi connectivity index (χ2n) is 6.86. The first-order chi connectivity index (χ1) is 13.7. The number of ether oxygens (including phenoxy) is 1. The van der Waals surface area contributed by atoms with Crippen LogP contribution in [-0.2, 0) is 0 Å². The minimum atomic E-state index is -0.621. The molecule has 0 bridgehead atoms. The Balaban J connectivity index is 1.87. The van der Waals surface area contributed by atoms with Crippen molar-refractivity contribution in [2.75, 3.05) is 25.4 Å². The zero-order valence-corrected chi connectivity index (χ0v) is 15.9. The lowest BCUT2D eigenvalue weighted by Crippen LogP contribution is -2.29. The van der Waals surface area contributed by atoms with Gasteiger partial charge in [0.2, 0.25) is 5.95 Å². The number of nitrogens with zero attached hydrogens (tertiary/aromatic N) is 3. The fraction of sp³-hybridized carbons (Fsp3) is 0.333. The molecular weight excluding hydrogens is 357 g/mol. The van der Waals surface area contributed by atoms with Gasteiger partial charge >= 0.3 is 0 Å². The Bertz CT molecular complexity index is 951. The summed E-state index contributed by atoms with van der Waals surface area (Å²) in [5.74, 6) is -0.169. The highest BCUT2D eigenvalue weighted by Crippen LogP contribution is 2.43. The Labute approximate surface area is 163 Å². The zero-order valence-electron chi connectivity index (χ0n) is 15.9. The molecule has 146 valence electrons. The van der Waals surface area contributed by atoms with E-state index in [0.717, 1.165) is 31.5 Å². The number of rotatable bonds is 5. The Hall–Kier alpha value is -2.93. The molecule has 1 saturated heterocycles. The quantitative estimate of drug-likeness (QED) is 0.660. The summed E-state index contributed by atoms with van der Waals surface area (Å²) in [5, 5.41) is 7.86. The predicted octanol–water partition coefficient (Wildman–Crippen LogP) is 3.66. The van der Waals surface area contributed by atoms with E-state index in [-0.39, 0.29) is 5.82 Å². The van der Waals surface area contributed by atoms with Crippen molar-refractivity contribution in [3.8, 4) is 28.0 Å². The van der Waals surface area contributed by atoms with Crippen LogP contribution in [0.2, 0.25) is 0 Å². The van der Waals surface area contributed by atoms with Crippen molar-refractivity contribution in [1.29, 1.82) is 0 Å². The van der Waals surface area contributed by atoms with Crippen LogP contribution in [0.25, 0.3) is 22.3 Å². The normalized spacial score (nSPS) is 14.9. The summed E-state index contributed by atoms with van der Waals surface area (Å²) < 4.78 is 22.8. The highest BCUT2D eigenvalue weighted by molar-refractivity contribution is 5.89. The zero-order chi connectivity index (χ0) is 19.5. The summed E-state index contributed by atoms with van der Waals surface area (Å²) in [4.78, 5) is 3.92. The number of aromatic nitrogens is 3. The molecule has 0 aliphatic carbocycles. The topological polar surface area (TPSA) is 78.0 Å². The fourth-order valence-corrected chi connectivity index (χ4v) is 3.73. The second-order valence-corrected chi connectivity index (χ2v) is 6.86. The van der Waals surface area contributed by atoms with Crippen molar-refractivity contribution in [3.05, 3.63) is 48.7 Å². The molecule has 3 aromatic rings. The van der Waals surface area contributed by atoms with E-state index >= 15 is 4.39 Å². The van der Waals surface area contributed by atoms with Crippen molar-refractivity contribution < 1.29 is 9.13 Å². The summed E-state index contributed by atoms with van der Waals surface area (Å²) >= 11 is 0. The second kappa shape index (κ2) is 7.98. The third-order valence-electron chi connectivity index (χ3n) is 5.06. The molecule has 4 rings (SSSR count). The number of nitrogens with one attached hydrogen (secondary N) is 1. The van der Waals surface area contributed by atoms with Gasteiger partial charge in [-0.1, -0.05) is 30.3 Å². The first kappa shape index (κ1) is 18.4. The van der Waals surface area contributed by atoms with Crippen LogP contribution in [0.4, 0.5) is 10.2 Å². The molecule has 3 heterocycles. The van der Waals surface area contributed by atoms with Crippen LogP contribution in [0.3, 0.4) is 0 Å². The number of anilines is 1. The smallest absolute Gasteiger partial charge is 0.223 e. The lowest BCUT2D eigenvalue weighted by atomic mass is 9.96. The average Bonchev–Trinajstić information content (AvgIpc) is 3.21. The molecule has 1 aromatic carbocycles. The lowest BCUT2D eigenvalue weighted by Gasteiger charge is -2.22. The van der Waals surface area contributed by atoms with Gasteiger partial charge in [0.05, 0.1) is 24.4 Å². The first-order valence-electron chi connectivity index (χ1n) is 9.61. The number of piperidine rings is 1. The molecule has 28 heavy (non-hydrogen) atoms. The van der Waals surface area contributed by atoms with Crippen molar-refractivity contribution >= 4 is 5.82 Å². The van der Waals surface area contributed by atoms with Gasteiger partial charge in [-0.05, 0) is 38.4 Å². The number of hydrogen-bond acceptors (Lipinski definition) is 5. The molecule has 0 radical (unpaired) electrons. The van der Waals surface area contributed by atoms with Crippen molar-refractivity contribution in [3.63, 3.8) is 0 Å². The lowest BCUT2D eigenvalue weighted by molar-refractivity contribution is 0.341. The van der Waals surface area contributed by atoms with Crippen LogP contribution < -0.4 is 15.8 Å². The largest absolute Gasteiger partial charge is 0.489 e. The number of benzene rings is 1. The molecule has 0 spiro atoms. The standard InChI is InChI=1S/C21H24FN5O/c1-2-28-19-17(14-6-4-3-5-7-14)18(20(22)26-21(19)23)15-12-25-27(13-15)16-8-10-24-11-9-16/h3-7,12-13,16,24H,2,8-11H2,1H3,(H2,23,26). The van der Waals surface area contributed by atoms with E-state index in [0.29, 0.717) is 35.1 Å². The van der Waals surface area contributed by atoms with Gasteiger partial charge in [-0.15, -0.1) is 0 Å². The van der Waals surface area contributed by atoms with E-state index in [1.165, 1.54) is 0 Å². The highest BCUT2D eigenvalue weighted by Gasteiger charge is 2.24. The summed E-state index contributed by atoms with van der Waals surface area (Å²) in [5.41, 5.74) is 8.48. The van der Waals surface area contributed by atoms with Gasteiger partial charge in [-0.2, -0.15) is 14.5 Å². The Morgan fingerprint density at radius 2 is 1.93 bits per heavy atom. The molecule has 1 aliphatic rings. The van der Waals surface area contributed by atoms with Gasteiger partial charge < -0.3 is 15.8 Å². The van der Waals surface area contributed by atoms with Crippen molar-refractivity contribution in [2.24, 2.45) is 0 Å². The number of hydrogen-bond donors (Lipinski definition) is 2. The molecule has 0 amide bonds. The molecule has 0 saturated carbocycles. The van der Waals surface area contributed by atoms with E-state index in [2.05, 4.69) is 15.4 Å². The van der Waals surface area contributed by atoms with Crippen LogP contribution in [0.15, 0.2) is 42.7 Å². The van der Waals surface area contributed by atoms with Gasteiger partial charge in [-0.25, -0.2) is 0 Å². The number of nitrogens with two attached hydrogens (primary N) is 1. The summed E-state index contributed by atoms with van der Waals surface area (Å²) in [6.45, 7) is 4.19. The van der Waals surface area contributed by atoms with Gasteiger partial charge in [0.25, 0.3) is 0 Å². The molecule has 0 unspecified atom stereocenters. The van der Waals surface area contributed by atoms with Gasteiger partial charge in [0, 0.05) is 17.3 Å². The number of pyridine rings is 1. The van der Waals surface area contributed by atoms with E-state index < -0.39 is 5.95 Å². The van der Waals surface area contributed by atoms with Crippen molar-refractivity contribution in [1.82, 2.24) is 20.1 Å². The molecule has 1 fully saturated rings. The monoisotopic (exact) mass is 381 g/mol. The minimum absolute atomic E-state index is 0.0488. The van der Waals surface area contributed by atoms with Crippen LogP contribution >= 0.6 is 0 Å². The number of nitrogen functional groups attached to an aromatic ring is 1. The maximum Gasteiger partial charge on any atom is 0.223 e. The Morgan fingerprint density at radius 1 is 1.18 bits per heavy atom. The van der Waals surface area contributed by atoms with Crippen molar-refractivity contribution in [2.45, 2.75) is 25.8 Å². The van der Waals surface area contributed by atoms with Crippen LogP contribution in [0.1, 0.15) is 25.8 Å². The minimum Gasteiger partial charge on any atom is -0.489 e. The molecule has 1 aliphatic heterocycles. The maximum absolute atomic E-state index is 15.1. The number of halogens is 1. The molecule has 7 heteroatoms. The summed E-state index contributed by atoms with van der Waals surface area (Å²) in [6.07, 6.45) is 5.59. The highest BCUT2D eigenvalue weighted by atomic mass is 19.1. The maximum atomic E-state index is 15.1. The summed E-state index contributed by atoms with van der Waals surface area (Å²) in [6, 6.07) is 9.87. The van der Waals surface area contributed by atoms with E-state index in [4.69, 9.17) is 10.5 Å². The fourth-order valence-electron chi connectivity index (χ4n) is 3.73. The Kier molecular flexibility index (Phi) is 5.25. The average molecular weight is 381 g/mol. The van der Waals surface area contributed by atoms with Crippen LogP contribution in [-0.4, -0.2) is 34.5 Å². The van der Waals surface area contributed by atoms with Gasteiger partial charge in [0.1, 0.15) is 0 Å². The van der Waals surface area contributed by atoms with Gasteiger partial charge in [0.15, 0.2) is 11.6 Å². The molecule has 2 aromatic heterocycles. The van der Waals surface area contributed by atoms with Crippen LogP contribution in [0, 0.1) is 5.95 Å². The summed E-state index contributed by atoms with van der Waals surface area (Å²) in [7, 11) is 0. The third-order valence-corrected chi connectivity index (χ3v) is 5.06. The van der Waals surface area contributed by atoms with E-state index in [9.17, 15) is 0 Å².